The normalized spacial score (nSPS) is 31.4. The van der Waals surface area contributed by atoms with Gasteiger partial charge in [-0.2, -0.15) is 11.8 Å². The Morgan fingerprint density at radius 2 is 2.30 bits per heavy atom. The van der Waals surface area contributed by atoms with Crippen LogP contribution < -0.4 is 5.32 Å². The molecule has 0 saturated carbocycles. The van der Waals surface area contributed by atoms with Crippen molar-refractivity contribution in [3.05, 3.63) is 0 Å². The molecule has 2 atom stereocenters. The maximum absolute atomic E-state index is 5.83. The number of thioether (sulfide) groups is 1. The van der Waals surface area contributed by atoms with Crippen molar-refractivity contribution in [2.45, 2.75) is 39.2 Å². The van der Waals surface area contributed by atoms with Crippen LogP contribution in [0.2, 0.25) is 0 Å². The highest BCUT2D eigenvalue weighted by Crippen LogP contribution is 2.31. The molecular weight excluding hydrogens is 268 g/mol. The monoisotopic (exact) mass is 300 g/mol. The van der Waals surface area contributed by atoms with Crippen LogP contribution in [-0.4, -0.2) is 62.3 Å². The molecule has 2 unspecified atom stereocenters. The minimum atomic E-state index is 0.329. The van der Waals surface area contributed by atoms with E-state index in [1.807, 2.05) is 0 Å². The lowest BCUT2D eigenvalue weighted by atomic mass is 9.81. The maximum Gasteiger partial charge on any atom is 0.0546 e. The summed E-state index contributed by atoms with van der Waals surface area (Å²) in [6.45, 7) is 9.85. The molecule has 2 saturated heterocycles. The fraction of sp³-hybridized carbons (Fsp3) is 1.00. The van der Waals surface area contributed by atoms with Crippen molar-refractivity contribution < 1.29 is 4.74 Å². The van der Waals surface area contributed by atoms with E-state index < -0.39 is 0 Å². The molecule has 0 aromatic heterocycles. The molecule has 3 nitrogen and oxygen atoms in total. The highest BCUT2D eigenvalue weighted by molar-refractivity contribution is 7.99. The zero-order chi connectivity index (χ0) is 14.4. The quantitative estimate of drug-likeness (QED) is 0.780. The van der Waals surface area contributed by atoms with Crippen LogP contribution in [-0.2, 0) is 4.74 Å². The largest absolute Gasteiger partial charge is 0.381 e. The van der Waals surface area contributed by atoms with Crippen molar-refractivity contribution in [2.75, 3.05) is 51.4 Å². The molecule has 1 N–H and O–H groups in total. The van der Waals surface area contributed by atoms with Crippen LogP contribution in [0.1, 0.15) is 33.1 Å². The zero-order valence-corrected chi connectivity index (χ0v) is 14.3. The molecule has 0 radical (unpaired) electrons. The lowest BCUT2D eigenvalue weighted by Crippen LogP contribution is -2.50. The van der Waals surface area contributed by atoms with Gasteiger partial charge >= 0.3 is 0 Å². The third-order valence-electron chi connectivity index (χ3n) is 4.57. The topological polar surface area (TPSA) is 24.5 Å². The number of nitrogens with zero attached hydrogens (tertiary/aromatic N) is 1. The van der Waals surface area contributed by atoms with E-state index in [-0.39, 0.29) is 0 Å². The van der Waals surface area contributed by atoms with Gasteiger partial charge in [0.1, 0.15) is 0 Å². The van der Waals surface area contributed by atoms with Crippen LogP contribution in [0, 0.1) is 11.3 Å². The van der Waals surface area contributed by atoms with Crippen LogP contribution in [0.5, 0.6) is 0 Å². The standard InChI is InChI=1S/C16H32N2OS/c1-14(2)9-17-11-16(6-4-7-19-13-16)12-18(3)15-5-8-20-10-15/h14-15,17H,4-13H2,1-3H3. The second-order valence-corrected chi connectivity index (χ2v) is 8.26. The van der Waals surface area contributed by atoms with E-state index in [9.17, 15) is 0 Å². The van der Waals surface area contributed by atoms with Crippen LogP contribution >= 0.6 is 11.8 Å². The first kappa shape index (κ1) is 16.6. The summed E-state index contributed by atoms with van der Waals surface area (Å²) in [5, 5.41) is 3.68. The number of ether oxygens (including phenoxy) is 1. The number of rotatable bonds is 7. The smallest absolute Gasteiger partial charge is 0.0546 e. The molecule has 0 aromatic rings. The highest BCUT2D eigenvalue weighted by atomic mass is 32.2. The van der Waals surface area contributed by atoms with Crippen molar-refractivity contribution in [3.63, 3.8) is 0 Å². The lowest BCUT2D eigenvalue weighted by molar-refractivity contribution is -0.0271. The summed E-state index contributed by atoms with van der Waals surface area (Å²) < 4.78 is 5.83. The maximum atomic E-state index is 5.83. The first-order valence-electron chi connectivity index (χ1n) is 8.18. The van der Waals surface area contributed by atoms with Gasteiger partial charge in [-0.1, -0.05) is 13.8 Å². The SMILES string of the molecule is CC(C)CNCC1(CN(C)C2CCSC2)CCCOC1. The Balaban J connectivity index is 1.87. The van der Waals surface area contributed by atoms with Crippen LogP contribution in [0.25, 0.3) is 0 Å². The fourth-order valence-corrected chi connectivity index (χ4v) is 4.68. The van der Waals surface area contributed by atoms with Gasteiger partial charge in [0, 0.05) is 36.9 Å². The summed E-state index contributed by atoms with van der Waals surface area (Å²) in [5.41, 5.74) is 0.329. The number of hydrogen-bond donors (Lipinski definition) is 1. The zero-order valence-electron chi connectivity index (χ0n) is 13.5. The van der Waals surface area contributed by atoms with Crippen molar-refractivity contribution in [2.24, 2.45) is 11.3 Å². The van der Waals surface area contributed by atoms with E-state index in [1.165, 1.54) is 37.3 Å². The predicted molar refractivity (Wildman–Crippen MR) is 88.6 cm³/mol. The van der Waals surface area contributed by atoms with Gasteiger partial charge in [-0.3, -0.25) is 0 Å². The lowest BCUT2D eigenvalue weighted by Gasteiger charge is -2.41. The molecule has 2 aliphatic heterocycles. The molecular formula is C16H32N2OS. The molecule has 0 bridgehead atoms. The van der Waals surface area contributed by atoms with E-state index in [2.05, 4.69) is 42.9 Å². The second-order valence-electron chi connectivity index (χ2n) is 7.11. The van der Waals surface area contributed by atoms with E-state index in [4.69, 9.17) is 4.74 Å². The molecule has 0 aromatic carbocycles. The van der Waals surface area contributed by atoms with Gasteiger partial charge < -0.3 is 15.0 Å². The minimum absolute atomic E-state index is 0.329. The molecule has 118 valence electrons. The summed E-state index contributed by atoms with van der Waals surface area (Å²) in [7, 11) is 2.31. The van der Waals surface area contributed by atoms with Gasteiger partial charge in [0.2, 0.25) is 0 Å². The Hall–Kier alpha value is 0.230. The van der Waals surface area contributed by atoms with E-state index in [0.717, 1.165) is 38.3 Å². The first-order chi connectivity index (χ1) is 9.61. The predicted octanol–water partition coefficient (Wildman–Crippen LogP) is 2.47. The molecule has 0 aliphatic carbocycles. The average Bonchev–Trinajstić information content (AvgIpc) is 2.93. The van der Waals surface area contributed by atoms with Gasteiger partial charge in [0.15, 0.2) is 0 Å². The van der Waals surface area contributed by atoms with E-state index in [0.29, 0.717) is 5.41 Å². The molecule has 2 rings (SSSR count). The van der Waals surface area contributed by atoms with Gasteiger partial charge in [0.25, 0.3) is 0 Å². The summed E-state index contributed by atoms with van der Waals surface area (Å²) in [6, 6.07) is 0.781. The van der Waals surface area contributed by atoms with Crippen molar-refractivity contribution in [1.29, 1.82) is 0 Å². The van der Waals surface area contributed by atoms with E-state index in [1.54, 1.807) is 0 Å². The summed E-state index contributed by atoms with van der Waals surface area (Å²) >= 11 is 2.10. The van der Waals surface area contributed by atoms with E-state index >= 15 is 0 Å². The van der Waals surface area contributed by atoms with Gasteiger partial charge in [-0.05, 0) is 44.5 Å². The minimum Gasteiger partial charge on any atom is -0.381 e. The Bertz CT molecular complexity index is 274. The first-order valence-corrected chi connectivity index (χ1v) is 9.33. The van der Waals surface area contributed by atoms with Crippen LogP contribution in [0.15, 0.2) is 0 Å². The fourth-order valence-electron chi connectivity index (χ4n) is 3.38. The molecule has 4 heteroatoms. The van der Waals surface area contributed by atoms with Gasteiger partial charge in [-0.25, -0.2) is 0 Å². The molecule has 0 amide bonds. The van der Waals surface area contributed by atoms with Gasteiger partial charge in [-0.15, -0.1) is 0 Å². The van der Waals surface area contributed by atoms with Crippen LogP contribution in [0.4, 0.5) is 0 Å². The van der Waals surface area contributed by atoms with Gasteiger partial charge in [0.05, 0.1) is 6.61 Å². The molecule has 2 aliphatic rings. The number of nitrogens with one attached hydrogen (secondary N) is 1. The Morgan fingerprint density at radius 1 is 1.45 bits per heavy atom. The van der Waals surface area contributed by atoms with Crippen molar-refractivity contribution in [3.8, 4) is 0 Å². The highest BCUT2D eigenvalue weighted by Gasteiger charge is 2.35. The Morgan fingerprint density at radius 3 is 2.90 bits per heavy atom. The summed E-state index contributed by atoms with van der Waals surface area (Å²) in [4.78, 5) is 2.60. The third kappa shape index (κ3) is 4.90. The third-order valence-corrected chi connectivity index (χ3v) is 5.72. The number of hydrogen-bond acceptors (Lipinski definition) is 4. The second kappa shape index (κ2) is 8.02. The average molecular weight is 301 g/mol. The van der Waals surface area contributed by atoms with Crippen molar-refractivity contribution >= 4 is 11.8 Å². The summed E-state index contributed by atoms with van der Waals surface area (Å²) in [5.74, 6) is 3.37. The summed E-state index contributed by atoms with van der Waals surface area (Å²) in [6.07, 6.45) is 3.89. The molecule has 2 fully saturated rings. The molecule has 2 heterocycles. The molecule has 20 heavy (non-hydrogen) atoms. The van der Waals surface area contributed by atoms with Crippen LogP contribution in [0.3, 0.4) is 0 Å². The molecule has 0 spiro atoms. The Labute approximate surface area is 129 Å². The Kier molecular flexibility index (Phi) is 6.66. The van der Waals surface area contributed by atoms with Crippen molar-refractivity contribution in [1.82, 2.24) is 10.2 Å².